The number of hydrogen-bond donors (Lipinski definition) is 2. The summed E-state index contributed by atoms with van der Waals surface area (Å²) in [6.07, 6.45) is 6.50. The fraction of sp³-hybridized carbons (Fsp3) is 0.483. The molecule has 3 N–H and O–H groups in total. The van der Waals surface area contributed by atoms with Crippen LogP contribution in [0.25, 0.3) is 10.2 Å². The summed E-state index contributed by atoms with van der Waals surface area (Å²) in [5.74, 6) is -1.87. The molecular formula is C29H36N6O4S. The van der Waals surface area contributed by atoms with Crippen molar-refractivity contribution in [2.24, 2.45) is 11.7 Å². The van der Waals surface area contributed by atoms with Crippen molar-refractivity contribution in [3.63, 3.8) is 0 Å². The summed E-state index contributed by atoms with van der Waals surface area (Å²) < 4.78 is 6.18. The van der Waals surface area contributed by atoms with Gasteiger partial charge in [-0.25, -0.2) is 9.97 Å². The van der Waals surface area contributed by atoms with E-state index in [0.29, 0.717) is 12.6 Å². The van der Waals surface area contributed by atoms with E-state index in [2.05, 4.69) is 47.2 Å². The molecule has 212 valence electrons. The van der Waals surface area contributed by atoms with Crippen molar-refractivity contribution >= 4 is 45.0 Å². The lowest BCUT2D eigenvalue weighted by Crippen LogP contribution is -2.46. The largest absolute Gasteiger partial charge is 0.480 e. The number of thiazole rings is 1. The van der Waals surface area contributed by atoms with E-state index in [1.54, 1.807) is 16.2 Å². The molecule has 5 rings (SSSR count). The van der Waals surface area contributed by atoms with Crippen LogP contribution in [0, 0.1) is 5.92 Å². The van der Waals surface area contributed by atoms with Gasteiger partial charge in [-0.05, 0) is 75.4 Å². The van der Waals surface area contributed by atoms with Crippen LogP contribution in [0.5, 0.6) is 5.88 Å². The second kappa shape index (κ2) is 11.9. The maximum absolute atomic E-state index is 13.4. The first-order valence-corrected chi connectivity index (χ1v) is 14.6. The maximum Gasteiger partial charge on any atom is 0.313 e. The van der Waals surface area contributed by atoms with Gasteiger partial charge in [0.15, 0.2) is 0 Å². The molecule has 3 atom stereocenters. The Morgan fingerprint density at radius 3 is 2.70 bits per heavy atom. The van der Waals surface area contributed by atoms with Gasteiger partial charge >= 0.3 is 11.8 Å². The Labute approximate surface area is 237 Å². The average molecular weight is 565 g/mol. The third kappa shape index (κ3) is 5.95. The zero-order valence-corrected chi connectivity index (χ0v) is 24.0. The molecule has 2 aliphatic heterocycles. The normalized spacial score (nSPS) is 20.4. The van der Waals surface area contributed by atoms with E-state index in [-0.39, 0.29) is 29.1 Å². The minimum atomic E-state index is -0.797. The van der Waals surface area contributed by atoms with Crippen LogP contribution in [0.15, 0.2) is 30.5 Å². The van der Waals surface area contributed by atoms with Gasteiger partial charge in [-0.3, -0.25) is 14.4 Å². The number of aromatic nitrogens is 2. The molecule has 0 spiro atoms. The van der Waals surface area contributed by atoms with Gasteiger partial charge in [-0.15, -0.1) is 11.3 Å². The minimum absolute atomic E-state index is 0.0166. The first-order chi connectivity index (χ1) is 19.2. The number of nitrogens with two attached hydrogens (primary N) is 1. The zero-order valence-electron chi connectivity index (χ0n) is 23.2. The molecule has 0 saturated carbocycles. The smallest absolute Gasteiger partial charge is 0.313 e. The summed E-state index contributed by atoms with van der Waals surface area (Å²) in [5.41, 5.74) is 7.52. The number of rotatable bonds is 7. The molecule has 10 nitrogen and oxygen atoms in total. The Morgan fingerprint density at radius 1 is 1.20 bits per heavy atom. The van der Waals surface area contributed by atoms with E-state index < -0.39 is 17.7 Å². The van der Waals surface area contributed by atoms with Gasteiger partial charge in [-0.1, -0.05) is 13.0 Å². The Kier molecular flexibility index (Phi) is 8.32. The first kappa shape index (κ1) is 28.0. The standard InChI is InChI=1S/C29H36N6O4S/c1-17-6-8-23(19-7-9-24-22(13-19)33-25(40-24)12-18(2)34-10-4-5-11-34)35(16-17)29(38)27(37)32-20-14-21(26(30)36)28(39-3)31-15-20/h7,9,13-15,17-18,23H,4-6,8,10-12,16H2,1-3H3,(H2,30,36)(H,32,37)/t17-,18+,23+/m0/s1. The number of carbonyl (C=O) groups is 3. The number of likely N-dealkylation sites (tertiary alicyclic amines) is 2. The molecule has 11 heteroatoms. The van der Waals surface area contributed by atoms with Crippen molar-refractivity contribution in [1.29, 1.82) is 0 Å². The van der Waals surface area contributed by atoms with Gasteiger partial charge in [0.1, 0.15) is 5.56 Å². The molecule has 4 heterocycles. The number of piperidine rings is 1. The molecule has 3 amide bonds. The summed E-state index contributed by atoms with van der Waals surface area (Å²) in [6, 6.07) is 7.80. The number of nitrogens with one attached hydrogen (secondary N) is 1. The van der Waals surface area contributed by atoms with Crippen LogP contribution < -0.4 is 15.8 Å². The predicted molar refractivity (Wildman–Crippen MR) is 154 cm³/mol. The number of ether oxygens (including phenoxy) is 1. The second-order valence-corrected chi connectivity index (χ2v) is 12.0. The van der Waals surface area contributed by atoms with Crippen molar-refractivity contribution < 1.29 is 19.1 Å². The van der Waals surface area contributed by atoms with Crippen molar-refractivity contribution in [3.8, 4) is 5.88 Å². The van der Waals surface area contributed by atoms with Crippen LogP contribution in [-0.2, 0) is 16.0 Å². The first-order valence-electron chi connectivity index (χ1n) is 13.8. The van der Waals surface area contributed by atoms with Crippen molar-refractivity contribution in [2.45, 2.75) is 58.0 Å². The van der Waals surface area contributed by atoms with E-state index >= 15 is 0 Å². The number of amides is 3. The number of primary amides is 1. The lowest BCUT2D eigenvalue weighted by atomic mass is 9.89. The van der Waals surface area contributed by atoms with Crippen LogP contribution in [0.3, 0.4) is 0 Å². The number of anilines is 1. The monoisotopic (exact) mass is 564 g/mol. The molecule has 2 saturated heterocycles. The summed E-state index contributed by atoms with van der Waals surface area (Å²) in [4.78, 5) is 51.4. The number of fused-ring (bicyclic) bond motifs is 1. The number of carbonyl (C=O) groups excluding carboxylic acids is 3. The predicted octanol–water partition coefficient (Wildman–Crippen LogP) is 3.76. The SMILES string of the molecule is COc1ncc(NC(=O)C(=O)N2C[C@@H](C)CC[C@@H]2c2ccc3sc(C[C@@H](C)N4CCCC4)nc3c2)cc1C(N)=O. The topological polar surface area (TPSA) is 131 Å². The Hall–Kier alpha value is -3.57. The maximum atomic E-state index is 13.4. The molecule has 0 aliphatic carbocycles. The quantitative estimate of drug-likeness (QED) is 0.418. The van der Waals surface area contributed by atoms with E-state index in [1.807, 2.05) is 0 Å². The van der Waals surface area contributed by atoms with Crippen molar-refractivity contribution in [2.75, 3.05) is 32.1 Å². The van der Waals surface area contributed by atoms with Gasteiger partial charge in [0, 0.05) is 19.0 Å². The van der Waals surface area contributed by atoms with Crippen LogP contribution >= 0.6 is 11.3 Å². The van der Waals surface area contributed by atoms with E-state index in [9.17, 15) is 14.4 Å². The van der Waals surface area contributed by atoms with Gasteiger partial charge in [0.25, 0.3) is 5.91 Å². The third-order valence-electron chi connectivity index (χ3n) is 7.92. The Bertz CT molecular complexity index is 1420. The third-order valence-corrected chi connectivity index (χ3v) is 8.97. The van der Waals surface area contributed by atoms with E-state index in [1.165, 1.54) is 32.2 Å². The highest BCUT2D eigenvalue weighted by atomic mass is 32.1. The van der Waals surface area contributed by atoms with Gasteiger partial charge in [0.05, 0.1) is 40.3 Å². The lowest BCUT2D eigenvalue weighted by Gasteiger charge is -2.38. The summed E-state index contributed by atoms with van der Waals surface area (Å²) in [7, 11) is 1.37. The second-order valence-electron chi connectivity index (χ2n) is 10.9. The molecule has 3 aromatic rings. The van der Waals surface area contributed by atoms with Gasteiger partial charge in [0.2, 0.25) is 5.88 Å². The average Bonchev–Trinajstić information content (AvgIpc) is 3.62. The molecule has 2 fully saturated rings. The highest BCUT2D eigenvalue weighted by Crippen LogP contribution is 2.36. The zero-order chi connectivity index (χ0) is 28.4. The van der Waals surface area contributed by atoms with Crippen LogP contribution in [0.4, 0.5) is 5.69 Å². The number of benzene rings is 1. The highest BCUT2D eigenvalue weighted by molar-refractivity contribution is 7.18. The number of nitrogens with zero attached hydrogens (tertiary/aromatic N) is 4. The van der Waals surface area contributed by atoms with Gasteiger partial charge < -0.3 is 25.6 Å². The van der Waals surface area contributed by atoms with Crippen LogP contribution in [-0.4, -0.2) is 70.3 Å². The summed E-state index contributed by atoms with van der Waals surface area (Å²) >= 11 is 1.73. The fourth-order valence-corrected chi connectivity index (χ4v) is 6.82. The van der Waals surface area contributed by atoms with Crippen molar-refractivity contribution in [3.05, 3.63) is 46.6 Å². The van der Waals surface area contributed by atoms with Gasteiger partial charge in [-0.2, -0.15) is 0 Å². The summed E-state index contributed by atoms with van der Waals surface area (Å²) in [5, 5.41) is 3.70. The Morgan fingerprint density at radius 2 is 1.98 bits per heavy atom. The minimum Gasteiger partial charge on any atom is -0.480 e. The molecular weight excluding hydrogens is 528 g/mol. The number of hydrogen-bond acceptors (Lipinski definition) is 8. The number of pyridine rings is 1. The molecule has 0 radical (unpaired) electrons. The molecule has 0 bridgehead atoms. The Balaban J connectivity index is 1.33. The molecule has 2 aromatic heterocycles. The van der Waals surface area contributed by atoms with E-state index in [4.69, 9.17) is 15.5 Å². The highest BCUT2D eigenvalue weighted by Gasteiger charge is 2.34. The molecule has 2 aliphatic rings. The van der Waals surface area contributed by atoms with Crippen LogP contribution in [0.2, 0.25) is 0 Å². The van der Waals surface area contributed by atoms with Crippen LogP contribution in [0.1, 0.15) is 66.5 Å². The molecule has 40 heavy (non-hydrogen) atoms. The van der Waals surface area contributed by atoms with Crippen molar-refractivity contribution in [1.82, 2.24) is 19.8 Å². The lowest BCUT2D eigenvalue weighted by molar-refractivity contribution is -0.146. The van der Waals surface area contributed by atoms with E-state index in [0.717, 1.165) is 53.1 Å². The number of methoxy groups -OCH3 is 1. The molecule has 0 unspecified atom stereocenters. The molecule has 1 aromatic carbocycles. The summed E-state index contributed by atoms with van der Waals surface area (Å²) in [6.45, 7) is 7.15. The fourth-order valence-electron chi connectivity index (χ4n) is 5.75.